The zero-order valence-corrected chi connectivity index (χ0v) is 15.6. The van der Waals surface area contributed by atoms with E-state index in [1.54, 1.807) is 30.3 Å². The number of hydrogen-bond donors (Lipinski definition) is 3. The van der Waals surface area contributed by atoms with Gasteiger partial charge in [0.2, 0.25) is 5.95 Å². The Balaban J connectivity index is 1.64. The van der Waals surface area contributed by atoms with Crippen molar-refractivity contribution in [3.8, 4) is 11.3 Å². The number of nitrogens with one attached hydrogen (secondary N) is 2. The van der Waals surface area contributed by atoms with Crippen molar-refractivity contribution in [2.45, 2.75) is 31.7 Å². The molecule has 1 fully saturated rings. The molecule has 1 saturated carbocycles. The third kappa shape index (κ3) is 4.28. The van der Waals surface area contributed by atoms with Crippen LogP contribution in [0.4, 0.5) is 17.5 Å². The number of nitrogen functional groups attached to an aromatic ring is 1. The Morgan fingerprint density at radius 3 is 2.50 bits per heavy atom. The average molecular weight is 373 g/mol. The van der Waals surface area contributed by atoms with Gasteiger partial charge in [0.25, 0.3) is 5.91 Å². The second-order valence-electron chi connectivity index (χ2n) is 7.03. The molecule has 4 N–H and O–H groups in total. The first kappa shape index (κ1) is 18.0. The van der Waals surface area contributed by atoms with Crippen molar-refractivity contribution >= 4 is 23.4 Å². The van der Waals surface area contributed by atoms with Gasteiger partial charge in [-0.3, -0.25) is 4.79 Å². The molecule has 3 aromatic rings. The van der Waals surface area contributed by atoms with Crippen molar-refractivity contribution in [2.75, 3.05) is 16.4 Å². The van der Waals surface area contributed by atoms with E-state index in [1.807, 2.05) is 30.3 Å². The number of anilines is 3. The van der Waals surface area contributed by atoms with Crippen LogP contribution in [0.5, 0.6) is 0 Å². The number of carbonyl (C=O) groups is 1. The minimum absolute atomic E-state index is 0.253. The number of benzene rings is 2. The quantitative estimate of drug-likeness (QED) is 0.579. The first-order valence-corrected chi connectivity index (χ1v) is 9.55. The van der Waals surface area contributed by atoms with Gasteiger partial charge in [-0.15, -0.1) is 0 Å². The van der Waals surface area contributed by atoms with Crippen molar-refractivity contribution < 1.29 is 4.79 Å². The summed E-state index contributed by atoms with van der Waals surface area (Å²) < 4.78 is 0. The summed E-state index contributed by atoms with van der Waals surface area (Å²) in [6.45, 7) is 0. The summed E-state index contributed by atoms with van der Waals surface area (Å²) in [5, 5.41) is 6.30. The third-order valence-corrected chi connectivity index (χ3v) is 4.87. The molecule has 0 atom stereocenters. The number of nitrogens with zero attached hydrogens (tertiary/aromatic N) is 2. The molecule has 1 aliphatic rings. The van der Waals surface area contributed by atoms with Crippen LogP contribution in [0, 0.1) is 0 Å². The number of aromatic nitrogens is 2. The molecule has 0 radical (unpaired) electrons. The molecule has 2 aromatic carbocycles. The maximum atomic E-state index is 12.6. The predicted octanol–water partition coefficient (Wildman–Crippen LogP) is 4.33. The molecule has 6 heteroatoms. The van der Waals surface area contributed by atoms with Crippen molar-refractivity contribution in [1.29, 1.82) is 0 Å². The molecule has 0 aliphatic heterocycles. The van der Waals surface area contributed by atoms with E-state index in [4.69, 9.17) is 5.73 Å². The molecule has 0 saturated heterocycles. The third-order valence-electron chi connectivity index (χ3n) is 4.87. The van der Waals surface area contributed by atoms with Crippen molar-refractivity contribution in [3.63, 3.8) is 0 Å². The second-order valence-corrected chi connectivity index (χ2v) is 7.03. The lowest BCUT2D eigenvalue weighted by atomic mass is 10.1. The maximum absolute atomic E-state index is 12.6. The van der Waals surface area contributed by atoms with Gasteiger partial charge in [-0.25, -0.2) is 4.98 Å². The van der Waals surface area contributed by atoms with Crippen LogP contribution in [0.15, 0.2) is 60.7 Å². The van der Waals surface area contributed by atoms with E-state index < -0.39 is 0 Å². The van der Waals surface area contributed by atoms with Crippen LogP contribution in [-0.4, -0.2) is 21.9 Å². The second kappa shape index (κ2) is 8.08. The molecule has 0 unspecified atom stereocenters. The fourth-order valence-electron chi connectivity index (χ4n) is 3.45. The summed E-state index contributed by atoms with van der Waals surface area (Å²) in [6.07, 6.45) is 4.66. The molecule has 1 aliphatic carbocycles. The van der Waals surface area contributed by atoms with E-state index in [-0.39, 0.29) is 5.91 Å². The van der Waals surface area contributed by atoms with Gasteiger partial charge >= 0.3 is 0 Å². The molecule has 1 aromatic heterocycles. The Hall–Kier alpha value is -3.41. The summed E-state index contributed by atoms with van der Waals surface area (Å²) in [7, 11) is 0. The van der Waals surface area contributed by atoms with Gasteiger partial charge < -0.3 is 16.4 Å². The Bertz CT molecular complexity index is 968. The largest absolute Gasteiger partial charge is 0.399 e. The van der Waals surface area contributed by atoms with Gasteiger partial charge in [-0.2, -0.15) is 4.98 Å². The van der Waals surface area contributed by atoms with Crippen LogP contribution < -0.4 is 16.4 Å². The van der Waals surface area contributed by atoms with E-state index in [1.165, 1.54) is 12.8 Å². The van der Waals surface area contributed by atoms with Gasteiger partial charge in [0.1, 0.15) is 5.82 Å². The average Bonchev–Trinajstić information content (AvgIpc) is 3.21. The summed E-state index contributed by atoms with van der Waals surface area (Å²) in [5.41, 5.74) is 8.56. The van der Waals surface area contributed by atoms with Crippen molar-refractivity contribution in [3.05, 3.63) is 66.2 Å². The van der Waals surface area contributed by atoms with Crippen LogP contribution in [0.25, 0.3) is 11.3 Å². The van der Waals surface area contributed by atoms with Gasteiger partial charge in [0.15, 0.2) is 0 Å². The lowest BCUT2D eigenvalue weighted by Gasteiger charge is -2.14. The molecule has 1 amide bonds. The monoisotopic (exact) mass is 373 g/mol. The number of amides is 1. The lowest BCUT2D eigenvalue weighted by molar-refractivity contribution is 0.102. The van der Waals surface area contributed by atoms with Gasteiger partial charge in [0.05, 0.1) is 5.69 Å². The minimum atomic E-state index is -0.253. The highest BCUT2D eigenvalue weighted by Crippen LogP contribution is 2.25. The van der Waals surface area contributed by atoms with E-state index in [0.717, 1.165) is 24.1 Å². The van der Waals surface area contributed by atoms with Gasteiger partial charge in [0, 0.05) is 28.9 Å². The van der Waals surface area contributed by atoms with Crippen molar-refractivity contribution in [1.82, 2.24) is 9.97 Å². The zero-order valence-electron chi connectivity index (χ0n) is 15.6. The molecule has 4 rings (SSSR count). The Labute approximate surface area is 164 Å². The molecule has 142 valence electrons. The highest BCUT2D eigenvalue weighted by molar-refractivity contribution is 6.04. The number of rotatable bonds is 5. The Morgan fingerprint density at radius 1 is 0.964 bits per heavy atom. The van der Waals surface area contributed by atoms with Crippen LogP contribution in [-0.2, 0) is 0 Å². The van der Waals surface area contributed by atoms with Crippen LogP contribution in [0.2, 0.25) is 0 Å². The predicted molar refractivity (Wildman–Crippen MR) is 112 cm³/mol. The number of nitrogens with two attached hydrogens (primary N) is 1. The Kier molecular flexibility index (Phi) is 5.19. The Morgan fingerprint density at radius 2 is 1.75 bits per heavy atom. The number of hydrogen-bond acceptors (Lipinski definition) is 5. The molecular weight excluding hydrogens is 350 g/mol. The fraction of sp³-hybridized carbons (Fsp3) is 0.227. The van der Waals surface area contributed by atoms with Crippen LogP contribution in [0.1, 0.15) is 36.0 Å². The van der Waals surface area contributed by atoms with Crippen LogP contribution in [0.3, 0.4) is 0 Å². The van der Waals surface area contributed by atoms with Gasteiger partial charge in [-0.05, 0) is 31.0 Å². The first-order valence-electron chi connectivity index (χ1n) is 9.55. The maximum Gasteiger partial charge on any atom is 0.256 e. The molecule has 0 spiro atoms. The molecule has 6 nitrogen and oxygen atoms in total. The topological polar surface area (TPSA) is 92.9 Å². The lowest BCUT2D eigenvalue weighted by Crippen LogP contribution is -2.19. The highest BCUT2D eigenvalue weighted by Gasteiger charge is 2.17. The SMILES string of the molecule is Nc1cccc(C(=O)Nc2cc(-c3ccccc3)nc(NC3CCCC3)n2)c1. The molecule has 28 heavy (non-hydrogen) atoms. The molecule has 0 bridgehead atoms. The molecular formula is C22H23N5O. The summed E-state index contributed by atoms with van der Waals surface area (Å²) >= 11 is 0. The normalized spacial score (nSPS) is 14.0. The summed E-state index contributed by atoms with van der Waals surface area (Å²) in [6, 6.07) is 18.9. The van der Waals surface area contributed by atoms with Crippen molar-refractivity contribution in [2.24, 2.45) is 0 Å². The first-order chi connectivity index (χ1) is 13.7. The summed E-state index contributed by atoms with van der Waals surface area (Å²) in [5.74, 6) is 0.745. The van der Waals surface area contributed by atoms with Gasteiger partial charge in [-0.1, -0.05) is 49.2 Å². The highest BCUT2D eigenvalue weighted by atomic mass is 16.1. The van der Waals surface area contributed by atoms with E-state index in [0.29, 0.717) is 29.1 Å². The number of carbonyl (C=O) groups excluding carboxylic acids is 1. The minimum Gasteiger partial charge on any atom is -0.399 e. The van der Waals surface area contributed by atoms with E-state index >= 15 is 0 Å². The van der Waals surface area contributed by atoms with E-state index in [2.05, 4.69) is 20.6 Å². The van der Waals surface area contributed by atoms with E-state index in [9.17, 15) is 4.79 Å². The van der Waals surface area contributed by atoms with Crippen LogP contribution >= 0.6 is 0 Å². The standard InChI is InChI=1S/C22H23N5O/c23-17-10-6-9-16(13-17)21(28)26-20-14-19(15-7-2-1-3-8-15)25-22(27-20)24-18-11-4-5-12-18/h1-3,6-10,13-14,18H,4-5,11-12,23H2,(H2,24,25,26,27,28). The molecule has 1 heterocycles. The zero-order chi connectivity index (χ0) is 19.3. The summed E-state index contributed by atoms with van der Waals surface area (Å²) in [4.78, 5) is 21.8. The smallest absolute Gasteiger partial charge is 0.256 e. The fourth-order valence-corrected chi connectivity index (χ4v) is 3.45.